The van der Waals surface area contributed by atoms with E-state index in [9.17, 15) is 15.2 Å². The van der Waals surface area contributed by atoms with Crippen LogP contribution in [0.15, 0.2) is 42.5 Å². The van der Waals surface area contributed by atoms with Crippen LogP contribution in [0, 0.1) is 10.1 Å². The molecule has 0 aliphatic heterocycles. The maximum Gasteiger partial charge on any atom is 0.280 e. The van der Waals surface area contributed by atoms with Crippen molar-refractivity contribution in [2.75, 3.05) is 18.1 Å². The zero-order chi connectivity index (χ0) is 19.6. The molecular weight excluding hydrogens is 344 g/mol. The van der Waals surface area contributed by atoms with Crippen LogP contribution in [0.1, 0.15) is 27.2 Å². The standard InChI is InChI=1S/C20H24N4O3/c1-4-18(25)23(22(5-2)6-3)20-14-10-7-8-11-15(14)21-16-12-9-13-17(19(16)20)24(26)27/h7-13,18,25H,4-6H2,1-3H3. The van der Waals surface area contributed by atoms with Crippen LogP contribution in [0.3, 0.4) is 0 Å². The maximum atomic E-state index is 11.8. The van der Waals surface area contributed by atoms with Gasteiger partial charge in [0.2, 0.25) is 0 Å². The number of nitro benzene ring substituents is 1. The van der Waals surface area contributed by atoms with Gasteiger partial charge in [-0.05, 0) is 18.6 Å². The maximum absolute atomic E-state index is 11.8. The summed E-state index contributed by atoms with van der Waals surface area (Å²) in [6.45, 7) is 7.21. The van der Waals surface area contributed by atoms with E-state index >= 15 is 0 Å². The summed E-state index contributed by atoms with van der Waals surface area (Å²) >= 11 is 0. The van der Waals surface area contributed by atoms with Gasteiger partial charge in [-0.2, -0.15) is 0 Å². The van der Waals surface area contributed by atoms with Gasteiger partial charge in [-0.3, -0.25) is 15.1 Å². The zero-order valence-corrected chi connectivity index (χ0v) is 15.8. The zero-order valence-electron chi connectivity index (χ0n) is 15.8. The van der Waals surface area contributed by atoms with E-state index in [2.05, 4.69) is 4.98 Å². The van der Waals surface area contributed by atoms with Gasteiger partial charge in [0.1, 0.15) is 11.6 Å². The summed E-state index contributed by atoms with van der Waals surface area (Å²) in [6.07, 6.45) is -0.325. The molecule has 1 unspecified atom stereocenters. The van der Waals surface area contributed by atoms with Gasteiger partial charge in [0.05, 0.1) is 21.6 Å². The second-order valence-electron chi connectivity index (χ2n) is 6.28. The SMILES string of the molecule is CCC(O)N(c1c2ccccc2nc2cccc([N+](=O)[O-])c12)N(CC)CC. The Morgan fingerprint density at radius 1 is 1.07 bits per heavy atom. The first-order chi connectivity index (χ1) is 13.0. The topological polar surface area (TPSA) is 82.7 Å². The van der Waals surface area contributed by atoms with E-state index in [0.29, 0.717) is 36.1 Å². The number of fused-ring (bicyclic) bond motifs is 2. The van der Waals surface area contributed by atoms with E-state index in [1.54, 1.807) is 17.1 Å². The van der Waals surface area contributed by atoms with E-state index in [-0.39, 0.29) is 10.6 Å². The Labute approximate surface area is 158 Å². The number of benzene rings is 2. The number of nitro groups is 1. The summed E-state index contributed by atoms with van der Waals surface area (Å²) in [7, 11) is 0. The fourth-order valence-corrected chi connectivity index (χ4v) is 3.47. The highest BCUT2D eigenvalue weighted by atomic mass is 16.6. The predicted octanol–water partition coefficient (Wildman–Crippen LogP) is 4.09. The third-order valence-corrected chi connectivity index (χ3v) is 4.77. The van der Waals surface area contributed by atoms with Crippen molar-refractivity contribution in [3.63, 3.8) is 0 Å². The molecule has 3 aromatic rings. The average Bonchev–Trinajstić information content (AvgIpc) is 2.69. The van der Waals surface area contributed by atoms with E-state index in [1.807, 2.05) is 50.0 Å². The van der Waals surface area contributed by atoms with Crippen LogP contribution in [-0.2, 0) is 0 Å². The molecular formula is C20H24N4O3. The number of hydrazine groups is 1. The number of pyridine rings is 1. The number of aliphatic hydroxyl groups is 1. The largest absolute Gasteiger partial charge is 0.372 e. The molecule has 1 atom stereocenters. The monoisotopic (exact) mass is 368 g/mol. The molecule has 142 valence electrons. The van der Waals surface area contributed by atoms with Gasteiger partial charge in [-0.15, -0.1) is 0 Å². The molecule has 1 heterocycles. The van der Waals surface area contributed by atoms with Crippen LogP contribution in [0.5, 0.6) is 0 Å². The molecule has 27 heavy (non-hydrogen) atoms. The summed E-state index contributed by atoms with van der Waals surface area (Å²) in [5, 5.41) is 27.6. The van der Waals surface area contributed by atoms with E-state index < -0.39 is 6.23 Å². The molecule has 0 bridgehead atoms. The van der Waals surface area contributed by atoms with Crippen molar-refractivity contribution >= 4 is 33.2 Å². The number of hydrogen-bond donors (Lipinski definition) is 1. The summed E-state index contributed by atoms with van der Waals surface area (Å²) in [5.74, 6) is 0. The molecule has 3 rings (SSSR count). The number of para-hydroxylation sites is 1. The van der Waals surface area contributed by atoms with Crippen LogP contribution >= 0.6 is 0 Å². The van der Waals surface area contributed by atoms with Crippen molar-refractivity contribution < 1.29 is 10.0 Å². The third kappa shape index (κ3) is 3.31. The lowest BCUT2D eigenvalue weighted by Gasteiger charge is -2.39. The quantitative estimate of drug-likeness (QED) is 0.293. The summed E-state index contributed by atoms with van der Waals surface area (Å²) in [5.41, 5.74) is 1.89. The molecule has 0 aliphatic rings. The molecule has 0 saturated carbocycles. The molecule has 0 radical (unpaired) electrons. The molecule has 0 saturated heterocycles. The number of non-ortho nitro benzene ring substituents is 1. The van der Waals surface area contributed by atoms with E-state index in [1.165, 1.54) is 6.07 Å². The first-order valence-corrected chi connectivity index (χ1v) is 9.21. The number of aliphatic hydroxyl groups excluding tert-OH is 1. The van der Waals surface area contributed by atoms with Crippen molar-refractivity contribution in [3.05, 3.63) is 52.6 Å². The molecule has 0 aliphatic carbocycles. The van der Waals surface area contributed by atoms with Crippen molar-refractivity contribution in [3.8, 4) is 0 Å². The second kappa shape index (κ2) is 7.85. The van der Waals surface area contributed by atoms with Gasteiger partial charge in [0.25, 0.3) is 5.69 Å². The number of anilines is 1. The number of aromatic nitrogens is 1. The highest BCUT2D eigenvalue weighted by molar-refractivity contribution is 6.11. The van der Waals surface area contributed by atoms with Crippen LogP contribution in [0.25, 0.3) is 21.8 Å². The van der Waals surface area contributed by atoms with Crippen LogP contribution in [0.4, 0.5) is 11.4 Å². The van der Waals surface area contributed by atoms with Crippen LogP contribution < -0.4 is 5.01 Å². The fraction of sp³-hybridized carbons (Fsp3) is 0.350. The number of nitrogens with zero attached hydrogens (tertiary/aromatic N) is 4. The van der Waals surface area contributed by atoms with Gasteiger partial charge in [-0.1, -0.05) is 45.0 Å². The average molecular weight is 368 g/mol. The van der Waals surface area contributed by atoms with E-state index in [4.69, 9.17) is 0 Å². The molecule has 0 spiro atoms. The van der Waals surface area contributed by atoms with E-state index in [0.717, 1.165) is 10.9 Å². The van der Waals surface area contributed by atoms with Crippen LogP contribution in [0.2, 0.25) is 0 Å². The highest BCUT2D eigenvalue weighted by Crippen LogP contribution is 2.40. The normalized spacial score (nSPS) is 12.6. The van der Waals surface area contributed by atoms with Gasteiger partial charge in [-0.25, -0.2) is 9.99 Å². The van der Waals surface area contributed by atoms with Gasteiger partial charge in [0.15, 0.2) is 0 Å². The highest BCUT2D eigenvalue weighted by Gasteiger charge is 2.28. The molecule has 7 nitrogen and oxygen atoms in total. The molecule has 1 aromatic heterocycles. The molecule has 7 heteroatoms. The molecule has 0 fully saturated rings. The molecule has 2 aromatic carbocycles. The first-order valence-electron chi connectivity index (χ1n) is 9.21. The van der Waals surface area contributed by atoms with Crippen molar-refractivity contribution in [1.29, 1.82) is 0 Å². The third-order valence-electron chi connectivity index (χ3n) is 4.77. The Kier molecular flexibility index (Phi) is 5.53. The smallest absolute Gasteiger partial charge is 0.280 e. The molecule has 1 N–H and O–H groups in total. The number of rotatable bonds is 7. The van der Waals surface area contributed by atoms with Crippen molar-refractivity contribution in [2.45, 2.75) is 33.4 Å². The Morgan fingerprint density at radius 3 is 2.37 bits per heavy atom. The Morgan fingerprint density at radius 2 is 1.74 bits per heavy atom. The lowest BCUT2D eigenvalue weighted by atomic mass is 10.1. The minimum Gasteiger partial charge on any atom is -0.372 e. The Balaban J connectivity index is 2.50. The van der Waals surface area contributed by atoms with Crippen molar-refractivity contribution in [2.24, 2.45) is 0 Å². The van der Waals surface area contributed by atoms with Gasteiger partial charge in [0, 0.05) is 24.5 Å². The minimum absolute atomic E-state index is 0.0128. The fourth-order valence-electron chi connectivity index (χ4n) is 3.47. The van der Waals surface area contributed by atoms with Gasteiger partial charge >= 0.3 is 0 Å². The predicted molar refractivity (Wildman–Crippen MR) is 108 cm³/mol. The first kappa shape index (κ1) is 19.0. The summed E-state index contributed by atoms with van der Waals surface area (Å²) < 4.78 is 0. The van der Waals surface area contributed by atoms with Gasteiger partial charge < -0.3 is 5.11 Å². The minimum atomic E-state index is -0.807. The summed E-state index contributed by atoms with van der Waals surface area (Å²) in [6, 6.07) is 12.5. The summed E-state index contributed by atoms with van der Waals surface area (Å²) in [4.78, 5) is 16.0. The Hall–Kier alpha value is -2.77. The number of hydrogen-bond acceptors (Lipinski definition) is 6. The lowest BCUT2D eigenvalue weighted by molar-refractivity contribution is -0.383. The van der Waals surface area contributed by atoms with Crippen molar-refractivity contribution in [1.82, 2.24) is 9.99 Å². The lowest BCUT2D eigenvalue weighted by Crippen LogP contribution is -2.49. The Bertz CT molecular complexity index is 972. The molecule has 0 amide bonds. The second-order valence-corrected chi connectivity index (χ2v) is 6.28. The van der Waals surface area contributed by atoms with Crippen LogP contribution in [-0.4, -0.2) is 39.3 Å².